The maximum atomic E-state index is 5.37. The summed E-state index contributed by atoms with van der Waals surface area (Å²) in [7, 11) is 3.59. The normalized spacial score (nSPS) is 10.6. The number of benzene rings is 2. The molecule has 0 fully saturated rings. The van der Waals surface area contributed by atoms with Crippen LogP contribution in [-0.2, 0) is 0 Å². The molecule has 0 bridgehead atoms. The average Bonchev–Trinajstić information content (AvgIpc) is 2.90. The lowest BCUT2D eigenvalue weighted by molar-refractivity contribution is 0.413. The summed E-state index contributed by atoms with van der Waals surface area (Å²) < 4.78 is 5.37. The van der Waals surface area contributed by atoms with E-state index in [1.807, 2.05) is 60.6 Å². The highest BCUT2D eigenvalue weighted by Crippen LogP contribution is 2.27. The zero-order valence-corrected chi connectivity index (χ0v) is 10.8. The highest BCUT2D eigenvalue weighted by atomic mass is 16.5. The summed E-state index contributed by atoms with van der Waals surface area (Å²) in [6, 6.07) is 15.7. The second-order valence-corrected chi connectivity index (χ2v) is 4.16. The summed E-state index contributed by atoms with van der Waals surface area (Å²) in [5.74, 6) is 0.796. The maximum absolute atomic E-state index is 5.37. The number of fused-ring (bicyclic) bond motifs is 1. The summed E-state index contributed by atoms with van der Waals surface area (Å²) in [5.41, 5.74) is 2.75. The van der Waals surface area contributed by atoms with Crippen LogP contribution < -0.4 is 9.75 Å². The van der Waals surface area contributed by atoms with Crippen molar-refractivity contribution in [2.24, 2.45) is 0 Å². The van der Waals surface area contributed by atoms with E-state index >= 15 is 0 Å². The summed E-state index contributed by atoms with van der Waals surface area (Å²) in [6.45, 7) is 0. The molecule has 0 N–H and O–H groups in total. The number of nitrogens with zero attached hydrogens (tertiary/aromatic N) is 4. The standard InChI is InChI=1S/C14H14N4O/c1-17(13-9-5-6-10-14(13)19-2)18-12-8-4-3-7-11(12)15-16-18/h3-10H,1-2H3. The fourth-order valence-electron chi connectivity index (χ4n) is 2.08. The third-order valence-corrected chi connectivity index (χ3v) is 3.05. The van der Waals surface area contributed by atoms with Gasteiger partial charge in [-0.15, -0.1) is 5.10 Å². The van der Waals surface area contributed by atoms with Crippen LogP contribution >= 0.6 is 0 Å². The Hall–Kier alpha value is -2.56. The minimum absolute atomic E-state index is 0.796. The first kappa shape index (κ1) is 11.5. The van der Waals surface area contributed by atoms with Crippen LogP contribution in [0.4, 0.5) is 5.69 Å². The fourth-order valence-corrected chi connectivity index (χ4v) is 2.08. The van der Waals surface area contributed by atoms with E-state index in [1.54, 1.807) is 11.9 Å². The monoisotopic (exact) mass is 254 g/mol. The summed E-state index contributed by atoms with van der Waals surface area (Å²) in [4.78, 5) is 1.76. The Bertz CT molecular complexity index is 707. The van der Waals surface area contributed by atoms with Gasteiger partial charge in [-0.05, 0) is 29.5 Å². The van der Waals surface area contributed by atoms with Crippen molar-refractivity contribution >= 4 is 16.7 Å². The van der Waals surface area contributed by atoms with Crippen molar-refractivity contribution < 1.29 is 4.74 Å². The molecule has 0 aliphatic heterocycles. The average molecular weight is 254 g/mol. The van der Waals surface area contributed by atoms with E-state index in [0.717, 1.165) is 22.5 Å². The van der Waals surface area contributed by atoms with Gasteiger partial charge in [0.15, 0.2) is 0 Å². The molecule has 0 radical (unpaired) electrons. The molecule has 0 atom stereocenters. The Labute approximate surface area is 111 Å². The Morgan fingerprint density at radius 1 is 1.05 bits per heavy atom. The SMILES string of the molecule is COc1ccccc1N(C)n1nnc2ccccc21. The summed E-state index contributed by atoms with van der Waals surface area (Å²) in [5, 5.41) is 10.2. The lowest BCUT2D eigenvalue weighted by Gasteiger charge is -2.21. The molecule has 0 saturated heterocycles. The van der Waals surface area contributed by atoms with Crippen LogP contribution in [0.3, 0.4) is 0 Å². The van der Waals surface area contributed by atoms with E-state index in [4.69, 9.17) is 4.74 Å². The van der Waals surface area contributed by atoms with Gasteiger partial charge in [-0.2, -0.15) is 4.79 Å². The molecule has 2 aromatic carbocycles. The molecule has 1 heterocycles. The molecule has 3 rings (SSSR count). The van der Waals surface area contributed by atoms with Crippen molar-refractivity contribution in [3.8, 4) is 5.75 Å². The highest BCUT2D eigenvalue weighted by molar-refractivity contribution is 5.75. The highest BCUT2D eigenvalue weighted by Gasteiger charge is 2.12. The number of rotatable bonds is 3. The van der Waals surface area contributed by atoms with Crippen molar-refractivity contribution in [3.05, 3.63) is 48.5 Å². The molecular weight excluding hydrogens is 240 g/mol. The van der Waals surface area contributed by atoms with Crippen molar-refractivity contribution in [2.75, 3.05) is 19.2 Å². The van der Waals surface area contributed by atoms with Gasteiger partial charge in [0.05, 0.1) is 7.11 Å². The van der Waals surface area contributed by atoms with Gasteiger partial charge in [-0.25, -0.2) is 0 Å². The zero-order chi connectivity index (χ0) is 13.2. The first-order chi connectivity index (χ1) is 9.31. The molecule has 0 aliphatic rings. The predicted molar refractivity (Wildman–Crippen MR) is 74.3 cm³/mol. The smallest absolute Gasteiger partial charge is 0.144 e. The largest absolute Gasteiger partial charge is 0.495 e. The van der Waals surface area contributed by atoms with Gasteiger partial charge in [0.2, 0.25) is 0 Å². The number of para-hydroxylation sites is 3. The van der Waals surface area contributed by atoms with Gasteiger partial charge >= 0.3 is 0 Å². The molecule has 0 spiro atoms. The van der Waals surface area contributed by atoms with Crippen LogP contribution in [0.5, 0.6) is 5.75 Å². The van der Waals surface area contributed by atoms with Gasteiger partial charge in [0.25, 0.3) is 0 Å². The lowest BCUT2D eigenvalue weighted by atomic mass is 10.3. The number of hydrogen-bond donors (Lipinski definition) is 0. The summed E-state index contributed by atoms with van der Waals surface area (Å²) in [6.07, 6.45) is 0. The third kappa shape index (κ3) is 1.89. The number of anilines is 1. The molecule has 0 amide bonds. The summed E-state index contributed by atoms with van der Waals surface area (Å²) >= 11 is 0. The maximum Gasteiger partial charge on any atom is 0.144 e. The van der Waals surface area contributed by atoms with E-state index in [0.29, 0.717) is 0 Å². The Balaban J connectivity index is 2.11. The first-order valence-corrected chi connectivity index (χ1v) is 5.99. The van der Waals surface area contributed by atoms with Crippen LogP contribution in [0.15, 0.2) is 48.5 Å². The van der Waals surface area contributed by atoms with Crippen molar-refractivity contribution in [3.63, 3.8) is 0 Å². The van der Waals surface area contributed by atoms with Crippen LogP contribution in [0, 0.1) is 0 Å². The molecular formula is C14H14N4O. The van der Waals surface area contributed by atoms with E-state index in [-0.39, 0.29) is 0 Å². The second kappa shape index (κ2) is 4.61. The molecule has 5 heteroatoms. The van der Waals surface area contributed by atoms with Crippen LogP contribution in [-0.4, -0.2) is 29.3 Å². The van der Waals surface area contributed by atoms with Crippen LogP contribution in [0.1, 0.15) is 0 Å². The van der Waals surface area contributed by atoms with E-state index < -0.39 is 0 Å². The molecule has 0 unspecified atom stereocenters. The Kier molecular flexibility index (Phi) is 2.79. The predicted octanol–water partition coefficient (Wildman–Crippen LogP) is 2.34. The van der Waals surface area contributed by atoms with Gasteiger partial charge < -0.3 is 4.74 Å². The number of hydrogen-bond acceptors (Lipinski definition) is 4. The zero-order valence-electron chi connectivity index (χ0n) is 10.8. The molecule has 3 aromatic rings. The van der Waals surface area contributed by atoms with Crippen molar-refractivity contribution in [2.45, 2.75) is 0 Å². The molecule has 0 saturated carbocycles. The molecule has 1 aromatic heterocycles. The van der Waals surface area contributed by atoms with Gasteiger partial charge in [-0.3, -0.25) is 5.01 Å². The third-order valence-electron chi connectivity index (χ3n) is 3.05. The second-order valence-electron chi connectivity index (χ2n) is 4.16. The lowest BCUT2D eigenvalue weighted by Crippen LogP contribution is -2.26. The molecule has 0 aliphatic carbocycles. The number of methoxy groups -OCH3 is 1. The van der Waals surface area contributed by atoms with E-state index in [1.165, 1.54) is 0 Å². The first-order valence-electron chi connectivity index (χ1n) is 5.99. The minimum Gasteiger partial charge on any atom is -0.495 e. The Morgan fingerprint density at radius 2 is 1.79 bits per heavy atom. The molecule has 96 valence electrons. The van der Waals surface area contributed by atoms with Crippen molar-refractivity contribution in [1.29, 1.82) is 0 Å². The number of ether oxygens (including phenoxy) is 1. The van der Waals surface area contributed by atoms with E-state index in [9.17, 15) is 0 Å². The van der Waals surface area contributed by atoms with Crippen LogP contribution in [0.25, 0.3) is 11.0 Å². The molecule has 5 nitrogen and oxygen atoms in total. The quantitative estimate of drug-likeness (QED) is 0.719. The topological polar surface area (TPSA) is 43.2 Å². The van der Waals surface area contributed by atoms with Gasteiger partial charge in [0, 0.05) is 7.05 Å². The van der Waals surface area contributed by atoms with Crippen LogP contribution in [0.2, 0.25) is 0 Å². The van der Waals surface area contributed by atoms with Crippen molar-refractivity contribution in [1.82, 2.24) is 15.1 Å². The fraction of sp³-hybridized carbons (Fsp3) is 0.143. The van der Waals surface area contributed by atoms with Gasteiger partial charge in [-0.1, -0.05) is 24.3 Å². The minimum atomic E-state index is 0.796. The Morgan fingerprint density at radius 3 is 2.63 bits per heavy atom. The number of aromatic nitrogens is 3. The molecule has 19 heavy (non-hydrogen) atoms. The van der Waals surface area contributed by atoms with E-state index in [2.05, 4.69) is 10.3 Å². The van der Waals surface area contributed by atoms with Gasteiger partial charge in [0.1, 0.15) is 22.5 Å².